The molecule has 0 saturated carbocycles. The highest BCUT2D eigenvalue weighted by Crippen LogP contribution is 2.00. The van der Waals surface area contributed by atoms with Gasteiger partial charge >= 0.3 is 12.0 Å². The summed E-state index contributed by atoms with van der Waals surface area (Å²) in [5, 5.41) is 29.0. The third kappa shape index (κ3) is 4.42. The van der Waals surface area contributed by atoms with Crippen molar-refractivity contribution in [1.29, 1.82) is 0 Å². The number of hydrogen-bond acceptors (Lipinski definition) is 4. The van der Waals surface area contributed by atoms with Gasteiger partial charge in [-0.3, -0.25) is 5.10 Å². The highest BCUT2D eigenvalue weighted by atomic mass is 16.4. The molecule has 1 aromatic rings. The zero-order valence-electron chi connectivity index (χ0n) is 9.93. The zero-order chi connectivity index (χ0) is 13.5. The third-order valence-electron chi connectivity index (χ3n) is 2.36. The number of amides is 2. The molecule has 0 fully saturated rings. The van der Waals surface area contributed by atoms with Crippen molar-refractivity contribution in [1.82, 2.24) is 20.8 Å². The van der Waals surface area contributed by atoms with Crippen LogP contribution in [-0.4, -0.2) is 45.1 Å². The van der Waals surface area contributed by atoms with Crippen LogP contribution in [0.2, 0.25) is 0 Å². The van der Waals surface area contributed by atoms with Crippen molar-refractivity contribution in [2.75, 3.05) is 6.54 Å². The van der Waals surface area contributed by atoms with E-state index in [1.165, 1.54) is 0 Å². The number of nitrogens with zero attached hydrogens (tertiary/aromatic N) is 1. The fraction of sp³-hybridized carbons (Fsp3) is 0.500. The lowest BCUT2D eigenvalue weighted by molar-refractivity contribution is -0.146. The largest absolute Gasteiger partial charge is 0.479 e. The minimum Gasteiger partial charge on any atom is -0.479 e. The number of H-pyrrole nitrogens is 1. The third-order valence-corrected chi connectivity index (χ3v) is 2.36. The summed E-state index contributed by atoms with van der Waals surface area (Å²) in [6.45, 7) is 2.25. The van der Waals surface area contributed by atoms with Gasteiger partial charge in [0.25, 0.3) is 0 Å². The SMILES string of the molecule is Cc1[nH]ncc1CNC(=O)NCC[C@H](O)C(=O)O. The van der Waals surface area contributed by atoms with Crippen LogP contribution in [0.15, 0.2) is 6.20 Å². The highest BCUT2D eigenvalue weighted by Gasteiger charge is 2.12. The Balaban J connectivity index is 2.19. The summed E-state index contributed by atoms with van der Waals surface area (Å²) in [5.41, 5.74) is 1.74. The maximum atomic E-state index is 11.3. The van der Waals surface area contributed by atoms with Crippen LogP contribution in [-0.2, 0) is 11.3 Å². The second-order valence-electron chi connectivity index (χ2n) is 3.77. The lowest BCUT2D eigenvalue weighted by atomic mass is 10.2. The minimum absolute atomic E-state index is 0.0342. The van der Waals surface area contributed by atoms with Gasteiger partial charge in [-0.2, -0.15) is 5.10 Å². The molecule has 0 bridgehead atoms. The number of aliphatic hydroxyl groups is 1. The number of rotatable bonds is 6. The smallest absolute Gasteiger partial charge is 0.332 e. The molecule has 5 N–H and O–H groups in total. The van der Waals surface area contributed by atoms with E-state index in [1.807, 2.05) is 6.92 Å². The fourth-order valence-corrected chi connectivity index (χ4v) is 1.24. The van der Waals surface area contributed by atoms with Crippen LogP contribution in [0.25, 0.3) is 0 Å². The van der Waals surface area contributed by atoms with E-state index in [4.69, 9.17) is 10.2 Å². The molecule has 100 valence electrons. The molecule has 0 radical (unpaired) electrons. The summed E-state index contributed by atoms with van der Waals surface area (Å²) in [4.78, 5) is 21.6. The lowest BCUT2D eigenvalue weighted by Gasteiger charge is -2.08. The first-order chi connectivity index (χ1) is 8.50. The van der Waals surface area contributed by atoms with E-state index in [0.717, 1.165) is 11.3 Å². The molecule has 0 aliphatic heterocycles. The van der Waals surface area contributed by atoms with Crippen LogP contribution >= 0.6 is 0 Å². The molecule has 0 aliphatic rings. The first-order valence-electron chi connectivity index (χ1n) is 5.42. The number of carboxylic acid groups (broad SMARTS) is 1. The van der Waals surface area contributed by atoms with Crippen LogP contribution < -0.4 is 10.6 Å². The molecule has 1 aromatic heterocycles. The number of nitrogens with one attached hydrogen (secondary N) is 3. The van der Waals surface area contributed by atoms with Gasteiger partial charge in [0.15, 0.2) is 6.10 Å². The molecule has 1 rings (SSSR count). The van der Waals surface area contributed by atoms with Gasteiger partial charge in [-0.15, -0.1) is 0 Å². The number of aryl methyl sites for hydroxylation is 1. The molecule has 8 heteroatoms. The highest BCUT2D eigenvalue weighted by molar-refractivity contribution is 5.74. The van der Waals surface area contributed by atoms with Gasteiger partial charge in [0.2, 0.25) is 0 Å². The molecule has 1 atom stereocenters. The number of aliphatic carboxylic acids is 1. The van der Waals surface area contributed by atoms with Crippen molar-refractivity contribution in [2.45, 2.75) is 26.0 Å². The van der Waals surface area contributed by atoms with E-state index in [1.54, 1.807) is 6.20 Å². The first kappa shape index (κ1) is 14.0. The van der Waals surface area contributed by atoms with E-state index >= 15 is 0 Å². The average molecular weight is 256 g/mol. The molecule has 0 aliphatic carbocycles. The van der Waals surface area contributed by atoms with Gasteiger partial charge in [0, 0.05) is 30.8 Å². The van der Waals surface area contributed by atoms with E-state index in [-0.39, 0.29) is 13.0 Å². The Kier molecular flexibility index (Phi) is 5.12. The molecule has 0 spiro atoms. The van der Waals surface area contributed by atoms with E-state index in [2.05, 4.69) is 20.8 Å². The summed E-state index contributed by atoms with van der Waals surface area (Å²) in [7, 11) is 0. The number of carboxylic acids is 1. The Morgan fingerprint density at radius 2 is 2.22 bits per heavy atom. The summed E-state index contributed by atoms with van der Waals surface area (Å²) >= 11 is 0. The number of aromatic nitrogens is 2. The topological polar surface area (TPSA) is 127 Å². The van der Waals surface area contributed by atoms with Gasteiger partial charge in [0.1, 0.15) is 0 Å². The van der Waals surface area contributed by atoms with Crippen molar-refractivity contribution in [3.05, 3.63) is 17.5 Å². The fourth-order valence-electron chi connectivity index (χ4n) is 1.24. The van der Waals surface area contributed by atoms with Crippen LogP contribution in [0.3, 0.4) is 0 Å². The quantitative estimate of drug-likeness (QED) is 0.462. The normalized spacial score (nSPS) is 11.9. The predicted octanol–water partition coefficient (Wildman–Crippen LogP) is -0.647. The molecule has 1 heterocycles. The standard InChI is InChI=1S/C10H16N4O4/c1-6-7(5-13-14-6)4-12-10(18)11-3-2-8(15)9(16)17/h5,8,15H,2-4H2,1H3,(H,13,14)(H,16,17)(H2,11,12,18)/t8-/m0/s1. The molecule has 18 heavy (non-hydrogen) atoms. The van der Waals surface area contributed by atoms with Crippen LogP contribution in [0.1, 0.15) is 17.7 Å². The second kappa shape index (κ2) is 6.60. The van der Waals surface area contributed by atoms with Crippen molar-refractivity contribution < 1.29 is 19.8 Å². The van der Waals surface area contributed by atoms with Crippen molar-refractivity contribution in [3.8, 4) is 0 Å². The first-order valence-corrected chi connectivity index (χ1v) is 5.42. The molecule has 2 amide bonds. The molecule has 0 saturated heterocycles. The Morgan fingerprint density at radius 3 is 2.78 bits per heavy atom. The Morgan fingerprint density at radius 1 is 1.50 bits per heavy atom. The van der Waals surface area contributed by atoms with E-state index in [0.29, 0.717) is 6.54 Å². The van der Waals surface area contributed by atoms with E-state index in [9.17, 15) is 9.59 Å². The average Bonchev–Trinajstić information content (AvgIpc) is 2.72. The number of aliphatic hydroxyl groups excluding tert-OH is 1. The van der Waals surface area contributed by atoms with Gasteiger partial charge < -0.3 is 20.8 Å². The Hall–Kier alpha value is -2.09. The van der Waals surface area contributed by atoms with Gasteiger partial charge in [-0.1, -0.05) is 0 Å². The summed E-state index contributed by atoms with van der Waals surface area (Å²) in [5.74, 6) is -1.30. The maximum absolute atomic E-state index is 11.3. The monoisotopic (exact) mass is 256 g/mol. The van der Waals surface area contributed by atoms with Crippen molar-refractivity contribution >= 4 is 12.0 Å². The number of aromatic amines is 1. The summed E-state index contributed by atoms with van der Waals surface area (Å²) < 4.78 is 0. The maximum Gasteiger partial charge on any atom is 0.332 e. The predicted molar refractivity (Wildman–Crippen MR) is 61.8 cm³/mol. The Labute approximate surface area is 103 Å². The summed E-state index contributed by atoms with van der Waals surface area (Å²) in [6, 6.07) is -0.423. The number of carbonyl (C=O) groups is 2. The van der Waals surface area contributed by atoms with Gasteiger partial charge in [-0.25, -0.2) is 9.59 Å². The number of hydrogen-bond donors (Lipinski definition) is 5. The zero-order valence-corrected chi connectivity index (χ0v) is 9.93. The number of carbonyl (C=O) groups excluding carboxylic acids is 1. The van der Waals surface area contributed by atoms with Crippen LogP contribution in [0.5, 0.6) is 0 Å². The molecule has 0 unspecified atom stereocenters. The minimum atomic E-state index is -1.46. The number of urea groups is 1. The molecule has 8 nitrogen and oxygen atoms in total. The van der Waals surface area contributed by atoms with Gasteiger partial charge in [0.05, 0.1) is 6.20 Å². The van der Waals surface area contributed by atoms with Crippen molar-refractivity contribution in [2.24, 2.45) is 0 Å². The molecular formula is C10H16N4O4. The molecular weight excluding hydrogens is 240 g/mol. The lowest BCUT2D eigenvalue weighted by Crippen LogP contribution is -2.37. The molecule has 0 aromatic carbocycles. The van der Waals surface area contributed by atoms with Crippen molar-refractivity contribution in [3.63, 3.8) is 0 Å². The van der Waals surface area contributed by atoms with Crippen LogP contribution in [0.4, 0.5) is 4.79 Å². The summed E-state index contributed by atoms with van der Waals surface area (Å²) in [6.07, 6.45) is 0.124. The van der Waals surface area contributed by atoms with Gasteiger partial charge in [-0.05, 0) is 6.92 Å². The van der Waals surface area contributed by atoms with E-state index < -0.39 is 18.1 Å². The Bertz CT molecular complexity index is 418. The van der Waals surface area contributed by atoms with Crippen LogP contribution in [0, 0.1) is 6.92 Å². The second-order valence-corrected chi connectivity index (χ2v) is 3.77.